The predicted molar refractivity (Wildman–Crippen MR) is 98.4 cm³/mol. The Morgan fingerprint density at radius 3 is 2.39 bits per heavy atom. The van der Waals surface area contributed by atoms with Crippen molar-refractivity contribution in [3.05, 3.63) is 57.5 Å². The quantitative estimate of drug-likeness (QED) is 0.749. The molecule has 0 atom stereocenters. The van der Waals surface area contributed by atoms with E-state index >= 15 is 0 Å². The molecule has 0 aliphatic rings. The molecule has 122 valence electrons. The summed E-state index contributed by atoms with van der Waals surface area (Å²) in [4.78, 5) is 11.9. The highest BCUT2D eigenvalue weighted by atomic mass is 79.9. The van der Waals surface area contributed by atoms with Crippen molar-refractivity contribution in [3.63, 3.8) is 0 Å². The Bertz CT molecular complexity index is 693. The van der Waals surface area contributed by atoms with Crippen molar-refractivity contribution in [3.8, 4) is 5.75 Å². The molecule has 1 amide bonds. The molecule has 0 aromatic heterocycles. The van der Waals surface area contributed by atoms with Gasteiger partial charge in [-0.1, -0.05) is 44.5 Å². The van der Waals surface area contributed by atoms with Gasteiger partial charge in [-0.05, 0) is 57.2 Å². The molecule has 2 aromatic rings. The number of rotatable bonds is 4. The van der Waals surface area contributed by atoms with Crippen LogP contribution in [0.15, 0.2) is 46.9 Å². The van der Waals surface area contributed by atoms with Crippen LogP contribution in [0.3, 0.4) is 0 Å². The van der Waals surface area contributed by atoms with Gasteiger partial charge in [0.05, 0.1) is 5.02 Å². The van der Waals surface area contributed by atoms with E-state index in [0.29, 0.717) is 16.5 Å². The van der Waals surface area contributed by atoms with Crippen LogP contribution < -0.4 is 10.1 Å². The fourth-order valence-corrected chi connectivity index (χ4v) is 2.40. The first-order valence-corrected chi connectivity index (χ1v) is 8.41. The zero-order valence-electron chi connectivity index (χ0n) is 13.3. The van der Waals surface area contributed by atoms with Gasteiger partial charge < -0.3 is 10.1 Å². The SMILES string of the molecule is CC(C)(C)c1ccc(OCC(=O)Nc2ccc(Br)c(Cl)c2)cc1. The first-order chi connectivity index (χ1) is 10.8. The maximum atomic E-state index is 11.9. The van der Waals surface area contributed by atoms with Gasteiger partial charge >= 0.3 is 0 Å². The van der Waals surface area contributed by atoms with Gasteiger partial charge in [-0.15, -0.1) is 0 Å². The summed E-state index contributed by atoms with van der Waals surface area (Å²) in [5, 5.41) is 3.29. The number of anilines is 1. The van der Waals surface area contributed by atoms with Crippen LogP contribution in [0.4, 0.5) is 5.69 Å². The van der Waals surface area contributed by atoms with Gasteiger partial charge in [0.1, 0.15) is 5.75 Å². The van der Waals surface area contributed by atoms with Crippen LogP contribution in [-0.4, -0.2) is 12.5 Å². The van der Waals surface area contributed by atoms with E-state index in [0.717, 1.165) is 4.47 Å². The summed E-state index contributed by atoms with van der Waals surface area (Å²) in [6, 6.07) is 13.0. The highest BCUT2D eigenvalue weighted by Crippen LogP contribution is 2.26. The smallest absolute Gasteiger partial charge is 0.262 e. The third-order valence-corrected chi connectivity index (χ3v) is 4.53. The summed E-state index contributed by atoms with van der Waals surface area (Å²) < 4.78 is 6.29. The van der Waals surface area contributed by atoms with Crippen LogP contribution in [-0.2, 0) is 10.2 Å². The van der Waals surface area contributed by atoms with Crippen molar-refractivity contribution in [1.82, 2.24) is 0 Å². The Labute approximate surface area is 150 Å². The van der Waals surface area contributed by atoms with Gasteiger partial charge in [-0.3, -0.25) is 4.79 Å². The molecule has 0 unspecified atom stereocenters. The molecule has 0 radical (unpaired) electrons. The van der Waals surface area contributed by atoms with Gasteiger partial charge in [-0.2, -0.15) is 0 Å². The second-order valence-corrected chi connectivity index (χ2v) is 7.50. The topological polar surface area (TPSA) is 38.3 Å². The van der Waals surface area contributed by atoms with E-state index in [1.54, 1.807) is 18.2 Å². The van der Waals surface area contributed by atoms with E-state index in [2.05, 4.69) is 42.0 Å². The molecule has 0 saturated heterocycles. The summed E-state index contributed by atoms with van der Waals surface area (Å²) >= 11 is 9.30. The van der Waals surface area contributed by atoms with Crippen LogP contribution in [0, 0.1) is 0 Å². The van der Waals surface area contributed by atoms with Crippen molar-refractivity contribution >= 4 is 39.1 Å². The highest BCUT2D eigenvalue weighted by Gasteiger charge is 2.13. The van der Waals surface area contributed by atoms with Gasteiger partial charge in [0.2, 0.25) is 0 Å². The molecule has 0 bridgehead atoms. The molecule has 0 saturated carbocycles. The lowest BCUT2D eigenvalue weighted by Crippen LogP contribution is -2.20. The fourth-order valence-electron chi connectivity index (χ4n) is 1.97. The molecule has 5 heteroatoms. The van der Waals surface area contributed by atoms with Crippen LogP contribution in [0.2, 0.25) is 5.02 Å². The molecule has 2 aromatic carbocycles. The van der Waals surface area contributed by atoms with E-state index in [9.17, 15) is 4.79 Å². The molecule has 0 aliphatic heterocycles. The first-order valence-electron chi connectivity index (χ1n) is 7.24. The summed E-state index contributed by atoms with van der Waals surface area (Å²) in [5.41, 5.74) is 1.95. The fraction of sp³-hybridized carbons (Fsp3) is 0.278. The average Bonchev–Trinajstić information content (AvgIpc) is 2.48. The molecule has 0 aliphatic carbocycles. The Morgan fingerprint density at radius 1 is 1.17 bits per heavy atom. The minimum atomic E-state index is -0.233. The van der Waals surface area contributed by atoms with Gasteiger partial charge in [0.15, 0.2) is 6.61 Å². The Morgan fingerprint density at radius 2 is 1.83 bits per heavy atom. The number of hydrogen-bond acceptors (Lipinski definition) is 2. The lowest BCUT2D eigenvalue weighted by atomic mass is 9.87. The van der Waals surface area contributed by atoms with Crippen LogP contribution >= 0.6 is 27.5 Å². The monoisotopic (exact) mass is 395 g/mol. The van der Waals surface area contributed by atoms with Crippen molar-refractivity contribution < 1.29 is 9.53 Å². The Kier molecular flexibility index (Phi) is 5.71. The van der Waals surface area contributed by atoms with E-state index in [1.807, 2.05) is 24.3 Å². The molecule has 0 fully saturated rings. The largest absolute Gasteiger partial charge is 0.484 e. The summed E-state index contributed by atoms with van der Waals surface area (Å²) in [5.74, 6) is 0.435. The summed E-state index contributed by atoms with van der Waals surface area (Å²) in [6.07, 6.45) is 0. The van der Waals surface area contributed by atoms with Crippen LogP contribution in [0.25, 0.3) is 0 Å². The van der Waals surface area contributed by atoms with E-state index in [-0.39, 0.29) is 17.9 Å². The lowest BCUT2D eigenvalue weighted by molar-refractivity contribution is -0.118. The van der Waals surface area contributed by atoms with E-state index in [4.69, 9.17) is 16.3 Å². The van der Waals surface area contributed by atoms with Crippen molar-refractivity contribution in [2.24, 2.45) is 0 Å². The number of nitrogens with one attached hydrogen (secondary N) is 1. The van der Waals surface area contributed by atoms with Gasteiger partial charge in [0.25, 0.3) is 5.91 Å². The highest BCUT2D eigenvalue weighted by molar-refractivity contribution is 9.10. The molecular formula is C18H19BrClNO2. The number of carbonyl (C=O) groups excluding carboxylic acids is 1. The number of carbonyl (C=O) groups is 1. The molecule has 0 heterocycles. The number of halogens is 2. The number of hydrogen-bond donors (Lipinski definition) is 1. The minimum Gasteiger partial charge on any atom is -0.484 e. The molecule has 1 N–H and O–H groups in total. The molecular weight excluding hydrogens is 378 g/mol. The molecule has 2 rings (SSSR count). The molecule has 23 heavy (non-hydrogen) atoms. The second-order valence-electron chi connectivity index (χ2n) is 6.24. The normalized spacial score (nSPS) is 11.2. The summed E-state index contributed by atoms with van der Waals surface area (Å²) in [6.45, 7) is 6.40. The molecule has 3 nitrogen and oxygen atoms in total. The first kappa shape index (κ1) is 17.8. The minimum absolute atomic E-state index is 0.0530. The van der Waals surface area contributed by atoms with Gasteiger partial charge in [0, 0.05) is 10.2 Å². The maximum Gasteiger partial charge on any atom is 0.262 e. The third-order valence-electron chi connectivity index (χ3n) is 3.29. The lowest BCUT2D eigenvalue weighted by Gasteiger charge is -2.19. The van der Waals surface area contributed by atoms with E-state index in [1.165, 1.54) is 5.56 Å². The average molecular weight is 397 g/mol. The number of ether oxygens (including phenoxy) is 1. The zero-order chi connectivity index (χ0) is 17.0. The molecule has 0 spiro atoms. The maximum absolute atomic E-state index is 11.9. The summed E-state index contributed by atoms with van der Waals surface area (Å²) in [7, 11) is 0. The van der Waals surface area contributed by atoms with Gasteiger partial charge in [-0.25, -0.2) is 0 Å². The zero-order valence-corrected chi connectivity index (χ0v) is 15.7. The van der Waals surface area contributed by atoms with Crippen molar-refractivity contribution in [1.29, 1.82) is 0 Å². The van der Waals surface area contributed by atoms with E-state index < -0.39 is 0 Å². The standard InChI is InChI=1S/C18H19BrClNO2/c1-18(2,3)12-4-7-14(8-5-12)23-11-17(22)21-13-6-9-15(19)16(20)10-13/h4-10H,11H2,1-3H3,(H,21,22). The second kappa shape index (κ2) is 7.37. The third kappa shape index (κ3) is 5.26. The predicted octanol–water partition coefficient (Wildman–Crippen LogP) is 5.42. The Hall–Kier alpha value is -1.52. The van der Waals surface area contributed by atoms with Crippen LogP contribution in [0.1, 0.15) is 26.3 Å². The van der Waals surface area contributed by atoms with Crippen molar-refractivity contribution in [2.75, 3.05) is 11.9 Å². The number of amides is 1. The van der Waals surface area contributed by atoms with Crippen LogP contribution in [0.5, 0.6) is 5.75 Å². The van der Waals surface area contributed by atoms with Crippen molar-refractivity contribution in [2.45, 2.75) is 26.2 Å². The Balaban J connectivity index is 1.90. The number of benzene rings is 2.